The minimum atomic E-state index is -0.281. The summed E-state index contributed by atoms with van der Waals surface area (Å²) in [5.74, 6) is 1.69. The van der Waals surface area contributed by atoms with E-state index in [2.05, 4.69) is 34.5 Å². The fourth-order valence-electron chi connectivity index (χ4n) is 3.90. The van der Waals surface area contributed by atoms with E-state index in [1.165, 1.54) is 23.7 Å². The Labute approximate surface area is 165 Å². The van der Waals surface area contributed by atoms with Crippen molar-refractivity contribution in [3.63, 3.8) is 0 Å². The van der Waals surface area contributed by atoms with Crippen LogP contribution in [0.3, 0.4) is 0 Å². The Morgan fingerprint density at radius 3 is 2.59 bits per heavy atom. The number of rotatable bonds is 6. The molecule has 0 unspecified atom stereocenters. The number of ether oxygens (including phenoxy) is 1. The van der Waals surface area contributed by atoms with Crippen LogP contribution in [0.4, 0.5) is 5.69 Å². The van der Waals surface area contributed by atoms with Crippen molar-refractivity contribution < 1.29 is 9.53 Å². The van der Waals surface area contributed by atoms with Gasteiger partial charge in [0.1, 0.15) is 5.75 Å². The van der Waals surface area contributed by atoms with E-state index in [-0.39, 0.29) is 5.97 Å². The zero-order chi connectivity index (χ0) is 18.8. The van der Waals surface area contributed by atoms with E-state index in [4.69, 9.17) is 16.3 Å². The van der Waals surface area contributed by atoms with Gasteiger partial charge in [-0.3, -0.25) is 4.79 Å². The van der Waals surface area contributed by atoms with Crippen LogP contribution < -0.4 is 15.0 Å². The van der Waals surface area contributed by atoms with Crippen LogP contribution in [0, 0.1) is 11.8 Å². The Balaban J connectivity index is 1.34. The molecule has 0 aromatic heterocycles. The third kappa shape index (κ3) is 4.63. The molecule has 5 heteroatoms. The summed E-state index contributed by atoms with van der Waals surface area (Å²) < 4.78 is 5.18. The molecule has 0 bridgehead atoms. The molecule has 0 atom stereocenters. The van der Waals surface area contributed by atoms with E-state index in [9.17, 15) is 4.79 Å². The quantitative estimate of drug-likeness (QED) is 0.609. The molecule has 2 aromatic carbocycles. The Hall–Kier alpha value is -2.04. The predicted octanol–water partition coefficient (Wildman–Crippen LogP) is 3.71. The lowest BCUT2D eigenvalue weighted by Gasteiger charge is -2.41. The summed E-state index contributed by atoms with van der Waals surface area (Å²) in [6.07, 6.45) is 2.09. The summed E-state index contributed by atoms with van der Waals surface area (Å²) in [5, 5.41) is 4.15. The first-order valence-electron chi connectivity index (χ1n) is 9.57. The summed E-state index contributed by atoms with van der Waals surface area (Å²) in [4.78, 5) is 13.5. The van der Waals surface area contributed by atoms with E-state index in [1.807, 2.05) is 18.2 Å². The maximum atomic E-state index is 11.1. The van der Waals surface area contributed by atoms with Gasteiger partial charge in [-0.05, 0) is 79.2 Å². The van der Waals surface area contributed by atoms with Crippen LogP contribution in [-0.4, -0.2) is 32.1 Å². The van der Waals surface area contributed by atoms with Crippen LogP contribution in [0.2, 0.25) is 5.02 Å². The number of carbonyl (C=O) groups excluding carboxylic acids is 1. The van der Waals surface area contributed by atoms with Gasteiger partial charge < -0.3 is 15.0 Å². The van der Waals surface area contributed by atoms with Crippen molar-refractivity contribution in [1.29, 1.82) is 0 Å². The molecule has 1 N–H and O–H groups in total. The Kier molecular flexibility index (Phi) is 5.37. The standard InChI is InChI=1S/C22H25ClN2O2/c1-15(26)27-22-4-2-3-16(9-22)5-19-13-25(14-19)21-8-17(7-20(23)10-21)6-18-11-24-12-18/h2-4,7-10,18-19,24H,5-6,11-14H2,1H3. The number of benzene rings is 2. The van der Waals surface area contributed by atoms with Gasteiger partial charge in [-0.25, -0.2) is 0 Å². The molecule has 0 saturated carbocycles. The van der Waals surface area contributed by atoms with E-state index >= 15 is 0 Å². The highest BCUT2D eigenvalue weighted by molar-refractivity contribution is 6.30. The summed E-state index contributed by atoms with van der Waals surface area (Å²) in [7, 11) is 0. The van der Waals surface area contributed by atoms with Gasteiger partial charge in [-0.15, -0.1) is 0 Å². The van der Waals surface area contributed by atoms with Gasteiger partial charge in [-0.2, -0.15) is 0 Å². The molecule has 27 heavy (non-hydrogen) atoms. The lowest BCUT2D eigenvalue weighted by atomic mass is 9.90. The molecule has 4 rings (SSSR count). The number of nitrogens with zero attached hydrogens (tertiary/aromatic N) is 1. The summed E-state index contributed by atoms with van der Waals surface area (Å²) in [6, 6.07) is 14.3. The molecule has 0 radical (unpaired) electrons. The first-order valence-corrected chi connectivity index (χ1v) is 9.95. The van der Waals surface area contributed by atoms with E-state index in [0.717, 1.165) is 50.0 Å². The van der Waals surface area contributed by atoms with Crippen LogP contribution in [0.1, 0.15) is 18.1 Å². The molecule has 2 saturated heterocycles. The lowest BCUT2D eigenvalue weighted by molar-refractivity contribution is -0.131. The SMILES string of the molecule is CC(=O)Oc1cccc(CC2CN(c3cc(Cl)cc(CC4CNC4)c3)C2)c1. The molecule has 0 aliphatic carbocycles. The Morgan fingerprint density at radius 2 is 1.89 bits per heavy atom. The number of esters is 1. The van der Waals surface area contributed by atoms with Gasteiger partial charge in [0.15, 0.2) is 0 Å². The average Bonchev–Trinajstić information content (AvgIpc) is 2.53. The van der Waals surface area contributed by atoms with Crippen molar-refractivity contribution in [3.05, 3.63) is 58.6 Å². The van der Waals surface area contributed by atoms with E-state index in [1.54, 1.807) is 0 Å². The second-order valence-electron chi connectivity index (χ2n) is 7.76. The number of hydrogen-bond acceptors (Lipinski definition) is 4. The topological polar surface area (TPSA) is 41.6 Å². The van der Waals surface area contributed by atoms with Crippen molar-refractivity contribution in [2.24, 2.45) is 11.8 Å². The second kappa shape index (κ2) is 7.91. The minimum Gasteiger partial charge on any atom is -0.427 e. The Morgan fingerprint density at radius 1 is 1.11 bits per heavy atom. The molecule has 0 amide bonds. The zero-order valence-electron chi connectivity index (χ0n) is 15.6. The van der Waals surface area contributed by atoms with Gasteiger partial charge in [0.25, 0.3) is 0 Å². The van der Waals surface area contributed by atoms with E-state index in [0.29, 0.717) is 11.7 Å². The van der Waals surface area contributed by atoms with Crippen molar-refractivity contribution in [2.75, 3.05) is 31.1 Å². The fourth-order valence-corrected chi connectivity index (χ4v) is 4.16. The van der Waals surface area contributed by atoms with Crippen molar-refractivity contribution >= 4 is 23.3 Å². The number of halogens is 1. The van der Waals surface area contributed by atoms with Gasteiger partial charge in [0, 0.05) is 30.7 Å². The molecule has 2 aromatic rings. The third-order valence-electron chi connectivity index (χ3n) is 5.34. The predicted molar refractivity (Wildman–Crippen MR) is 109 cm³/mol. The first kappa shape index (κ1) is 18.3. The van der Waals surface area contributed by atoms with Gasteiger partial charge >= 0.3 is 5.97 Å². The number of nitrogens with one attached hydrogen (secondary N) is 1. The third-order valence-corrected chi connectivity index (χ3v) is 5.56. The molecule has 2 heterocycles. The maximum Gasteiger partial charge on any atom is 0.308 e. The number of hydrogen-bond donors (Lipinski definition) is 1. The first-order chi connectivity index (χ1) is 13.0. The van der Waals surface area contributed by atoms with E-state index < -0.39 is 0 Å². The van der Waals surface area contributed by atoms with Gasteiger partial charge in [0.05, 0.1) is 0 Å². The summed E-state index contributed by atoms with van der Waals surface area (Å²) in [5.41, 5.74) is 3.78. The molecule has 0 spiro atoms. The van der Waals surface area contributed by atoms with Gasteiger partial charge in [-0.1, -0.05) is 23.7 Å². The maximum absolute atomic E-state index is 11.1. The normalized spacial score (nSPS) is 17.3. The van der Waals surface area contributed by atoms with Crippen molar-refractivity contribution in [3.8, 4) is 5.75 Å². The smallest absolute Gasteiger partial charge is 0.308 e. The molecular weight excluding hydrogens is 360 g/mol. The highest BCUT2D eigenvalue weighted by Crippen LogP contribution is 2.31. The molecule has 4 nitrogen and oxygen atoms in total. The number of carbonyl (C=O) groups is 1. The highest BCUT2D eigenvalue weighted by Gasteiger charge is 2.28. The van der Waals surface area contributed by atoms with Crippen LogP contribution >= 0.6 is 11.6 Å². The minimum absolute atomic E-state index is 0.281. The van der Waals surface area contributed by atoms with Crippen LogP contribution in [-0.2, 0) is 17.6 Å². The van der Waals surface area contributed by atoms with Crippen molar-refractivity contribution in [1.82, 2.24) is 5.32 Å². The summed E-state index contributed by atoms with van der Waals surface area (Å²) >= 11 is 6.36. The molecular formula is C22H25ClN2O2. The van der Waals surface area contributed by atoms with Crippen LogP contribution in [0.5, 0.6) is 5.75 Å². The monoisotopic (exact) mass is 384 g/mol. The lowest BCUT2D eigenvalue weighted by Crippen LogP contribution is -2.47. The zero-order valence-corrected chi connectivity index (χ0v) is 16.3. The van der Waals surface area contributed by atoms with Crippen molar-refractivity contribution in [2.45, 2.75) is 19.8 Å². The summed E-state index contributed by atoms with van der Waals surface area (Å²) in [6.45, 7) is 5.71. The second-order valence-corrected chi connectivity index (χ2v) is 8.20. The number of anilines is 1. The highest BCUT2D eigenvalue weighted by atomic mass is 35.5. The average molecular weight is 385 g/mol. The molecule has 2 aliphatic rings. The van der Waals surface area contributed by atoms with Gasteiger partial charge in [0.2, 0.25) is 0 Å². The van der Waals surface area contributed by atoms with Crippen LogP contribution in [0.25, 0.3) is 0 Å². The molecule has 142 valence electrons. The fraction of sp³-hybridized carbons (Fsp3) is 0.409. The Bertz CT molecular complexity index is 829. The largest absolute Gasteiger partial charge is 0.427 e. The molecule has 2 fully saturated rings. The van der Waals surface area contributed by atoms with Crippen LogP contribution in [0.15, 0.2) is 42.5 Å². The molecule has 2 aliphatic heterocycles.